The maximum absolute atomic E-state index is 13.6. The van der Waals surface area contributed by atoms with E-state index in [0.29, 0.717) is 5.69 Å². The van der Waals surface area contributed by atoms with Crippen LogP contribution < -0.4 is 0 Å². The van der Waals surface area contributed by atoms with Gasteiger partial charge in [-0.05, 0) is 19.1 Å². The first-order valence-corrected chi connectivity index (χ1v) is 6.02. The number of carboxylic acid groups (broad SMARTS) is 1. The van der Waals surface area contributed by atoms with Gasteiger partial charge in [-0.2, -0.15) is 0 Å². The molecule has 106 valence electrons. The third-order valence-electron chi connectivity index (χ3n) is 2.99. The van der Waals surface area contributed by atoms with Crippen LogP contribution >= 0.6 is 0 Å². The fraction of sp³-hybridized carbons (Fsp3) is 0.308. The van der Waals surface area contributed by atoms with Crippen molar-refractivity contribution in [2.45, 2.75) is 13.3 Å². The molecule has 0 fully saturated rings. The molecule has 0 bridgehead atoms. The first-order valence-electron chi connectivity index (χ1n) is 6.02. The van der Waals surface area contributed by atoms with Crippen molar-refractivity contribution in [2.75, 3.05) is 13.6 Å². The Morgan fingerprint density at radius 2 is 2.20 bits per heavy atom. The second-order valence-electron chi connectivity index (χ2n) is 4.47. The van der Waals surface area contributed by atoms with Crippen LogP contribution in [0, 0.1) is 12.7 Å². The average molecular weight is 279 g/mol. The van der Waals surface area contributed by atoms with E-state index in [1.807, 2.05) is 0 Å². The van der Waals surface area contributed by atoms with Gasteiger partial charge in [-0.25, -0.2) is 9.37 Å². The van der Waals surface area contributed by atoms with Gasteiger partial charge in [0, 0.05) is 19.8 Å². The fourth-order valence-corrected chi connectivity index (χ4v) is 1.95. The quantitative estimate of drug-likeness (QED) is 0.916. The van der Waals surface area contributed by atoms with E-state index in [9.17, 15) is 14.0 Å². The van der Waals surface area contributed by atoms with Crippen molar-refractivity contribution in [3.05, 3.63) is 35.5 Å². The molecule has 2 rings (SSSR count). The molecule has 6 nitrogen and oxygen atoms in total. The van der Waals surface area contributed by atoms with Gasteiger partial charge >= 0.3 is 5.97 Å². The molecule has 2 aromatic heterocycles. The van der Waals surface area contributed by atoms with Crippen molar-refractivity contribution >= 4 is 17.5 Å². The standard InChI is InChI=1S/C13H14FN3O3/c1-8-11(13(20)16(2)7-5-10(18)19)17-6-3-4-9(14)12(17)15-8/h3-4,6H,5,7H2,1-2H3,(H,18,19). The molecule has 2 aromatic rings. The van der Waals surface area contributed by atoms with Crippen molar-refractivity contribution in [3.8, 4) is 0 Å². The number of rotatable bonds is 4. The topological polar surface area (TPSA) is 74.9 Å². The summed E-state index contributed by atoms with van der Waals surface area (Å²) < 4.78 is 15.0. The van der Waals surface area contributed by atoms with Crippen LogP contribution in [0.2, 0.25) is 0 Å². The number of hydrogen-bond acceptors (Lipinski definition) is 3. The maximum atomic E-state index is 13.6. The van der Waals surface area contributed by atoms with Gasteiger partial charge in [-0.15, -0.1) is 0 Å². The molecule has 0 saturated carbocycles. The second-order valence-corrected chi connectivity index (χ2v) is 4.47. The minimum absolute atomic E-state index is 0.0795. The summed E-state index contributed by atoms with van der Waals surface area (Å²) in [6.07, 6.45) is 1.41. The Labute approximate surface area is 114 Å². The second kappa shape index (κ2) is 5.28. The Morgan fingerprint density at radius 3 is 2.85 bits per heavy atom. The normalized spacial score (nSPS) is 10.8. The SMILES string of the molecule is Cc1nc2c(F)cccn2c1C(=O)N(C)CCC(=O)O. The van der Waals surface area contributed by atoms with Gasteiger partial charge in [0.1, 0.15) is 5.69 Å². The number of hydrogen-bond donors (Lipinski definition) is 1. The lowest BCUT2D eigenvalue weighted by Crippen LogP contribution is -2.30. The van der Waals surface area contributed by atoms with Crippen molar-refractivity contribution in [1.29, 1.82) is 0 Å². The third kappa shape index (κ3) is 2.47. The third-order valence-corrected chi connectivity index (χ3v) is 2.99. The maximum Gasteiger partial charge on any atom is 0.305 e. The molecule has 0 aliphatic carbocycles. The summed E-state index contributed by atoms with van der Waals surface area (Å²) in [6, 6.07) is 2.75. The average Bonchev–Trinajstić information content (AvgIpc) is 2.73. The number of carboxylic acids is 1. The lowest BCUT2D eigenvalue weighted by Gasteiger charge is -2.16. The van der Waals surface area contributed by atoms with Gasteiger partial charge in [-0.3, -0.25) is 14.0 Å². The van der Waals surface area contributed by atoms with Crippen LogP contribution in [0.3, 0.4) is 0 Å². The number of amides is 1. The highest BCUT2D eigenvalue weighted by Gasteiger charge is 2.21. The highest BCUT2D eigenvalue weighted by molar-refractivity contribution is 5.94. The van der Waals surface area contributed by atoms with Gasteiger partial charge in [0.25, 0.3) is 5.91 Å². The molecule has 0 radical (unpaired) electrons. The van der Waals surface area contributed by atoms with E-state index in [4.69, 9.17) is 5.11 Å². The summed E-state index contributed by atoms with van der Waals surface area (Å²) in [4.78, 5) is 28.2. The minimum Gasteiger partial charge on any atom is -0.481 e. The van der Waals surface area contributed by atoms with Crippen LogP contribution in [0.5, 0.6) is 0 Å². The summed E-state index contributed by atoms with van der Waals surface area (Å²) >= 11 is 0. The van der Waals surface area contributed by atoms with E-state index in [0.717, 1.165) is 0 Å². The Balaban J connectivity index is 2.37. The van der Waals surface area contributed by atoms with Crippen LogP contribution in [-0.2, 0) is 4.79 Å². The smallest absolute Gasteiger partial charge is 0.305 e. The molecule has 2 heterocycles. The number of carbonyl (C=O) groups excluding carboxylic acids is 1. The number of pyridine rings is 1. The molecule has 0 aromatic carbocycles. The van der Waals surface area contributed by atoms with Crippen molar-refractivity contribution < 1.29 is 19.1 Å². The number of halogens is 1. The van der Waals surface area contributed by atoms with Gasteiger partial charge in [0.15, 0.2) is 11.5 Å². The highest BCUT2D eigenvalue weighted by Crippen LogP contribution is 2.16. The van der Waals surface area contributed by atoms with Crippen LogP contribution in [0.4, 0.5) is 4.39 Å². The molecule has 0 aliphatic rings. The van der Waals surface area contributed by atoms with Crippen molar-refractivity contribution in [1.82, 2.24) is 14.3 Å². The lowest BCUT2D eigenvalue weighted by molar-refractivity contribution is -0.137. The summed E-state index contributed by atoms with van der Waals surface area (Å²) in [7, 11) is 1.50. The van der Waals surface area contributed by atoms with Gasteiger partial charge < -0.3 is 10.0 Å². The number of aliphatic carboxylic acids is 1. The molecule has 0 unspecified atom stereocenters. The minimum atomic E-state index is -0.981. The zero-order valence-electron chi connectivity index (χ0n) is 11.1. The Morgan fingerprint density at radius 1 is 1.50 bits per heavy atom. The largest absolute Gasteiger partial charge is 0.481 e. The lowest BCUT2D eigenvalue weighted by atomic mass is 10.3. The Bertz CT molecular complexity index is 681. The van der Waals surface area contributed by atoms with E-state index < -0.39 is 11.8 Å². The summed E-state index contributed by atoms with van der Waals surface area (Å²) in [5.74, 6) is -1.88. The molecular weight excluding hydrogens is 265 g/mol. The van der Waals surface area contributed by atoms with Gasteiger partial charge in [0.2, 0.25) is 0 Å². The van der Waals surface area contributed by atoms with E-state index in [2.05, 4.69) is 4.98 Å². The highest BCUT2D eigenvalue weighted by atomic mass is 19.1. The summed E-state index contributed by atoms with van der Waals surface area (Å²) in [6.45, 7) is 1.70. The van der Waals surface area contributed by atoms with Crippen molar-refractivity contribution in [2.24, 2.45) is 0 Å². The van der Waals surface area contributed by atoms with Crippen LogP contribution in [0.15, 0.2) is 18.3 Å². The van der Waals surface area contributed by atoms with Crippen LogP contribution in [0.25, 0.3) is 5.65 Å². The number of aryl methyl sites for hydroxylation is 1. The Hall–Kier alpha value is -2.44. The van der Waals surface area contributed by atoms with E-state index >= 15 is 0 Å². The summed E-state index contributed by atoms with van der Waals surface area (Å²) in [5, 5.41) is 8.63. The molecular formula is C13H14FN3O3. The zero-order chi connectivity index (χ0) is 14.9. The first-order chi connectivity index (χ1) is 9.41. The number of nitrogens with zero attached hydrogens (tertiary/aromatic N) is 3. The van der Waals surface area contributed by atoms with E-state index in [1.165, 1.54) is 28.5 Å². The summed E-state index contributed by atoms with van der Waals surface area (Å²) in [5.41, 5.74) is 0.731. The zero-order valence-corrected chi connectivity index (χ0v) is 11.1. The Kier molecular flexibility index (Phi) is 3.69. The molecule has 0 spiro atoms. The van der Waals surface area contributed by atoms with E-state index in [-0.39, 0.29) is 30.2 Å². The van der Waals surface area contributed by atoms with E-state index in [1.54, 1.807) is 13.1 Å². The molecule has 20 heavy (non-hydrogen) atoms. The predicted octanol–water partition coefficient (Wildman–Crippen LogP) is 1.33. The molecule has 0 saturated heterocycles. The fourth-order valence-electron chi connectivity index (χ4n) is 1.95. The van der Waals surface area contributed by atoms with Crippen molar-refractivity contribution in [3.63, 3.8) is 0 Å². The molecule has 1 N–H and O–H groups in total. The predicted molar refractivity (Wildman–Crippen MR) is 69.1 cm³/mol. The number of imidazole rings is 1. The van der Waals surface area contributed by atoms with Crippen LogP contribution in [0.1, 0.15) is 22.6 Å². The van der Waals surface area contributed by atoms with Gasteiger partial charge in [-0.1, -0.05) is 0 Å². The number of carbonyl (C=O) groups is 2. The van der Waals surface area contributed by atoms with Gasteiger partial charge in [0.05, 0.1) is 12.1 Å². The number of fused-ring (bicyclic) bond motifs is 1. The molecule has 0 atom stereocenters. The molecule has 7 heteroatoms. The number of aromatic nitrogens is 2. The molecule has 0 aliphatic heterocycles. The first kappa shape index (κ1) is 14.0. The molecule has 1 amide bonds. The monoisotopic (exact) mass is 279 g/mol. The van der Waals surface area contributed by atoms with Crippen LogP contribution in [-0.4, -0.2) is 44.9 Å².